The molecule has 3 rings (SSSR count). The van der Waals surface area contributed by atoms with Crippen LogP contribution in [0, 0.1) is 0 Å². The second kappa shape index (κ2) is 9.50. The molecule has 1 amide bonds. The quantitative estimate of drug-likeness (QED) is 0.703. The van der Waals surface area contributed by atoms with Crippen LogP contribution in [0.3, 0.4) is 0 Å². The topological polar surface area (TPSA) is 35.6 Å². The monoisotopic (exact) mass is 425 g/mol. The van der Waals surface area contributed by atoms with Crippen molar-refractivity contribution in [2.45, 2.75) is 12.6 Å². The van der Waals surface area contributed by atoms with Gasteiger partial charge in [0.05, 0.1) is 5.56 Å². The Kier molecular flexibility index (Phi) is 7.03. The molecule has 29 heavy (non-hydrogen) atoms. The number of piperazine rings is 1. The molecular weight excluding hydrogens is 403 g/mol. The maximum atomic E-state index is 12.9. The van der Waals surface area contributed by atoms with Gasteiger partial charge in [-0.2, -0.15) is 13.2 Å². The zero-order valence-electron chi connectivity index (χ0n) is 15.9. The number of halogens is 4. The average Bonchev–Trinajstić information content (AvgIpc) is 2.72. The second-order valence-corrected chi connectivity index (χ2v) is 7.28. The predicted molar refractivity (Wildman–Crippen MR) is 110 cm³/mol. The minimum absolute atomic E-state index is 0.0830. The molecular formula is C21H23ClF3N3O. The molecule has 0 radical (unpaired) electrons. The van der Waals surface area contributed by atoms with Crippen molar-refractivity contribution in [1.29, 1.82) is 0 Å². The van der Waals surface area contributed by atoms with E-state index >= 15 is 0 Å². The van der Waals surface area contributed by atoms with Crippen LogP contribution in [0.2, 0.25) is 0 Å². The number of nitrogens with zero attached hydrogens (tertiary/aromatic N) is 2. The smallest absolute Gasteiger partial charge is 0.369 e. The fraction of sp³-hybridized carbons (Fsp3) is 0.381. The van der Waals surface area contributed by atoms with Crippen molar-refractivity contribution >= 4 is 28.9 Å². The number of nitrogens with one attached hydrogen (secondary N) is 1. The third-order valence-corrected chi connectivity index (χ3v) is 5.20. The number of rotatable bonds is 6. The molecule has 0 aliphatic carbocycles. The lowest BCUT2D eigenvalue weighted by Crippen LogP contribution is -2.47. The molecule has 0 aromatic heterocycles. The van der Waals surface area contributed by atoms with Gasteiger partial charge < -0.3 is 10.2 Å². The van der Waals surface area contributed by atoms with Gasteiger partial charge in [-0.3, -0.25) is 9.69 Å². The van der Waals surface area contributed by atoms with Gasteiger partial charge in [-0.05, 0) is 42.3 Å². The molecule has 0 atom stereocenters. The van der Waals surface area contributed by atoms with Gasteiger partial charge in [0.2, 0.25) is 5.91 Å². The van der Waals surface area contributed by atoms with Crippen molar-refractivity contribution in [3.8, 4) is 0 Å². The standard InChI is InChI=1S/C21H23ClF3N3O/c22-15-20(29)26-18-5-1-3-16(13-18)7-8-27-9-11-28(12-10-27)19-6-2-4-17(14-19)21(23,24)25/h1-6,13-14H,7-12,15H2,(H,26,29). The summed E-state index contributed by atoms with van der Waals surface area (Å²) >= 11 is 5.51. The Morgan fingerprint density at radius 1 is 1.03 bits per heavy atom. The number of carbonyl (C=O) groups excluding carboxylic acids is 1. The lowest BCUT2D eigenvalue weighted by Gasteiger charge is -2.36. The summed E-state index contributed by atoms with van der Waals surface area (Å²) in [6.45, 7) is 3.81. The number of hydrogen-bond donors (Lipinski definition) is 1. The third-order valence-electron chi connectivity index (χ3n) is 4.96. The van der Waals surface area contributed by atoms with Gasteiger partial charge >= 0.3 is 6.18 Å². The van der Waals surface area contributed by atoms with Crippen LogP contribution in [0.5, 0.6) is 0 Å². The number of hydrogen-bond acceptors (Lipinski definition) is 3. The number of carbonyl (C=O) groups is 1. The first-order valence-electron chi connectivity index (χ1n) is 9.44. The van der Waals surface area contributed by atoms with Crippen LogP contribution >= 0.6 is 11.6 Å². The first-order valence-corrected chi connectivity index (χ1v) is 9.98. The van der Waals surface area contributed by atoms with Crippen LogP contribution in [0.25, 0.3) is 0 Å². The van der Waals surface area contributed by atoms with E-state index in [0.717, 1.165) is 43.4 Å². The first kappa shape index (κ1) is 21.5. The fourth-order valence-corrected chi connectivity index (χ4v) is 3.46. The normalized spacial score (nSPS) is 15.4. The average molecular weight is 426 g/mol. The Balaban J connectivity index is 1.51. The van der Waals surface area contributed by atoms with E-state index in [9.17, 15) is 18.0 Å². The Hall–Kier alpha value is -2.25. The molecule has 0 unspecified atom stereocenters. The summed E-state index contributed by atoms with van der Waals surface area (Å²) in [6.07, 6.45) is -3.50. The fourth-order valence-electron chi connectivity index (χ4n) is 3.39. The number of alkyl halides is 4. The number of amides is 1. The third kappa shape index (κ3) is 6.11. The van der Waals surface area contributed by atoms with Gasteiger partial charge in [0.25, 0.3) is 0 Å². The van der Waals surface area contributed by atoms with Crippen LogP contribution in [-0.4, -0.2) is 49.4 Å². The predicted octanol–water partition coefficient (Wildman–Crippen LogP) is 4.25. The van der Waals surface area contributed by atoms with Crippen molar-refractivity contribution in [2.75, 3.05) is 48.8 Å². The highest BCUT2D eigenvalue weighted by Gasteiger charge is 2.31. The van der Waals surface area contributed by atoms with Crippen LogP contribution in [0.4, 0.5) is 24.5 Å². The molecule has 8 heteroatoms. The first-order chi connectivity index (χ1) is 13.8. The maximum absolute atomic E-state index is 12.9. The summed E-state index contributed by atoms with van der Waals surface area (Å²) in [5.74, 6) is -0.324. The summed E-state index contributed by atoms with van der Waals surface area (Å²) in [5, 5.41) is 2.74. The molecule has 1 fully saturated rings. The molecule has 1 saturated heterocycles. The molecule has 156 valence electrons. The Morgan fingerprint density at radius 3 is 2.45 bits per heavy atom. The highest BCUT2D eigenvalue weighted by molar-refractivity contribution is 6.29. The van der Waals surface area contributed by atoms with E-state index in [2.05, 4.69) is 10.2 Å². The second-order valence-electron chi connectivity index (χ2n) is 7.01. The van der Waals surface area contributed by atoms with Crippen molar-refractivity contribution < 1.29 is 18.0 Å². The summed E-state index contributed by atoms with van der Waals surface area (Å²) in [4.78, 5) is 15.7. The minimum Gasteiger partial charge on any atom is -0.369 e. The zero-order chi connectivity index (χ0) is 20.9. The highest BCUT2D eigenvalue weighted by Crippen LogP contribution is 2.31. The van der Waals surface area contributed by atoms with Crippen LogP contribution in [0.15, 0.2) is 48.5 Å². The minimum atomic E-state index is -4.32. The van der Waals surface area contributed by atoms with Gasteiger partial charge in [-0.15, -0.1) is 11.6 Å². The molecule has 0 spiro atoms. The molecule has 1 heterocycles. The van der Waals surface area contributed by atoms with Crippen molar-refractivity contribution in [3.05, 3.63) is 59.7 Å². The van der Waals surface area contributed by atoms with Crippen LogP contribution in [0.1, 0.15) is 11.1 Å². The summed E-state index contributed by atoms with van der Waals surface area (Å²) in [5.41, 5.74) is 1.83. The Morgan fingerprint density at radius 2 is 1.76 bits per heavy atom. The summed E-state index contributed by atoms with van der Waals surface area (Å²) in [6, 6.07) is 13.2. The highest BCUT2D eigenvalue weighted by atomic mass is 35.5. The van der Waals surface area contributed by atoms with Gasteiger partial charge in [0, 0.05) is 44.1 Å². The molecule has 2 aromatic rings. The van der Waals surface area contributed by atoms with E-state index in [1.165, 1.54) is 12.1 Å². The van der Waals surface area contributed by atoms with Gasteiger partial charge in [-0.1, -0.05) is 18.2 Å². The van der Waals surface area contributed by atoms with Crippen LogP contribution < -0.4 is 10.2 Å². The zero-order valence-corrected chi connectivity index (χ0v) is 16.6. The van der Waals surface area contributed by atoms with Crippen molar-refractivity contribution in [2.24, 2.45) is 0 Å². The number of benzene rings is 2. The molecule has 0 bridgehead atoms. The molecule has 1 aliphatic rings. The van der Waals surface area contributed by atoms with E-state index < -0.39 is 11.7 Å². The van der Waals surface area contributed by atoms with Crippen molar-refractivity contribution in [3.63, 3.8) is 0 Å². The van der Waals surface area contributed by atoms with E-state index in [0.29, 0.717) is 18.8 Å². The van der Waals surface area contributed by atoms with E-state index in [4.69, 9.17) is 11.6 Å². The van der Waals surface area contributed by atoms with Gasteiger partial charge in [-0.25, -0.2) is 0 Å². The van der Waals surface area contributed by atoms with Gasteiger partial charge in [0.15, 0.2) is 0 Å². The molecule has 1 aliphatic heterocycles. The van der Waals surface area contributed by atoms with E-state index in [1.54, 1.807) is 6.07 Å². The summed E-state index contributed by atoms with van der Waals surface area (Å²) in [7, 11) is 0. The Labute approximate surface area is 173 Å². The number of anilines is 2. The summed E-state index contributed by atoms with van der Waals surface area (Å²) < 4.78 is 38.8. The molecule has 4 nitrogen and oxygen atoms in total. The SMILES string of the molecule is O=C(CCl)Nc1cccc(CCN2CCN(c3cccc(C(F)(F)F)c3)CC2)c1. The maximum Gasteiger partial charge on any atom is 0.416 e. The molecule has 2 aromatic carbocycles. The van der Waals surface area contributed by atoms with Gasteiger partial charge in [0.1, 0.15) is 5.88 Å². The van der Waals surface area contributed by atoms with Crippen LogP contribution in [-0.2, 0) is 17.4 Å². The lowest BCUT2D eigenvalue weighted by molar-refractivity contribution is -0.137. The molecule has 1 N–H and O–H groups in total. The van der Waals surface area contributed by atoms with E-state index in [-0.39, 0.29) is 11.8 Å². The lowest BCUT2D eigenvalue weighted by atomic mass is 10.1. The van der Waals surface area contributed by atoms with Crippen molar-refractivity contribution in [1.82, 2.24) is 4.90 Å². The van der Waals surface area contributed by atoms with E-state index in [1.807, 2.05) is 29.2 Å². The molecule has 0 saturated carbocycles. The Bertz CT molecular complexity index is 836. The largest absolute Gasteiger partial charge is 0.416 e.